The zero-order chi connectivity index (χ0) is 29.2. The summed E-state index contributed by atoms with van der Waals surface area (Å²) in [4.78, 5) is 31.0. The highest BCUT2D eigenvalue weighted by Crippen LogP contribution is 2.33. The van der Waals surface area contributed by atoms with Crippen LogP contribution in [-0.2, 0) is 34.0 Å². The van der Waals surface area contributed by atoms with E-state index in [9.17, 15) is 4.79 Å². The lowest BCUT2D eigenvalue weighted by molar-refractivity contribution is -0.122. The predicted octanol–water partition coefficient (Wildman–Crippen LogP) is 4.46. The number of fused-ring (bicyclic) bond motifs is 1. The third kappa shape index (κ3) is 6.07. The second-order valence-electron chi connectivity index (χ2n) is 11.1. The number of benzene rings is 2. The molecule has 0 aromatic heterocycles. The van der Waals surface area contributed by atoms with Crippen molar-refractivity contribution in [2.45, 2.75) is 71.7 Å². The maximum Gasteiger partial charge on any atom is 0.260 e. The van der Waals surface area contributed by atoms with Crippen LogP contribution in [0.4, 0.5) is 0 Å². The molecule has 2 aromatic rings. The van der Waals surface area contributed by atoms with Crippen LogP contribution in [0.2, 0.25) is 5.02 Å². The van der Waals surface area contributed by atoms with Crippen molar-refractivity contribution in [3.05, 3.63) is 87.0 Å². The van der Waals surface area contributed by atoms with Gasteiger partial charge in [0.25, 0.3) is 5.91 Å². The lowest BCUT2D eigenvalue weighted by atomic mass is 9.94. The standard InChI is InChI=1S/C32H37ClN6O3/c1-4-22-14-28(27-8-7-23(15-29(27)33)30-37-20(3)42-38-30)32(40)39(18-21-5-6-24-16-34-17-25(24)13-21)31(22)36-19(2)35-26-9-11-41-12-10-26/h4-8,13-15,19-20,26,34-35H,9-12,16-18H2,1-3H3,(H,37,38)/b22-4-,36-31+. The fourth-order valence-corrected chi connectivity index (χ4v) is 6.10. The Kier molecular flexibility index (Phi) is 8.55. The van der Waals surface area contributed by atoms with Crippen LogP contribution in [0.25, 0.3) is 5.57 Å². The molecule has 4 aliphatic heterocycles. The lowest BCUT2D eigenvalue weighted by Crippen LogP contribution is -2.44. The quantitative estimate of drug-likeness (QED) is 0.442. The normalized spacial score (nSPS) is 23.7. The van der Waals surface area contributed by atoms with E-state index >= 15 is 0 Å². The monoisotopic (exact) mass is 588 g/mol. The average Bonchev–Trinajstić information content (AvgIpc) is 3.64. The molecular weight excluding hydrogens is 552 g/mol. The van der Waals surface area contributed by atoms with Gasteiger partial charge in [-0.1, -0.05) is 48.0 Å². The van der Waals surface area contributed by atoms with Crippen LogP contribution in [0.1, 0.15) is 61.4 Å². The van der Waals surface area contributed by atoms with Crippen molar-refractivity contribution in [1.82, 2.24) is 21.0 Å². The molecular formula is C32H37ClN6O3. The van der Waals surface area contributed by atoms with E-state index in [1.807, 2.05) is 51.1 Å². The number of nitrogens with one attached hydrogen (secondary N) is 3. The zero-order valence-corrected chi connectivity index (χ0v) is 25.0. The molecule has 220 valence electrons. The SMILES string of the molecule is C/C=C1/C=C(c2ccc(C3=NC(C)ON3)cc2Cl)C(=O)N(Cc2ccc3c(c2)CNC3)/C1=N/C(C)NC1CCOCC1. The van der Waals surface area contributed by atoms with Crippen molar-refractivity contribution in [2.24, 2.45) is 9.98 Å². The number of hydrogen-bond donors (Lipinski definition) is 3. The first-order valence-corrected chi connectivity index (χ1v) is 15.0. The summed E-state index contributed by atoms with van der Waals surface area (Å²) < 4.78 is 5.52. The number of carbonyl (C=O) groups is 1. The average molecular weight is 589 g/mol. The summed E-state index contributed by atoms with van der Waals surface area (Å²) in [5, 5.41) is 7.49. The second-order valence-corrected chi connectivity index (χ2v) is 11.5. The van der Waals surface area contributed by atoms with E-state index in [-0.39, 0.29) is 18.3 Å². The Bertz CT molecular complexity index is 1490. The van der Waals surface area contributed by atoms with Gasteiger partial charge in [0.15, 0.2) is 12.1 Å². The molecule has 10 heteroatoms. The molecule has 4 aliphatic rings. The van der Waals surface area contributed by atoms with Crippen LogP contribution in [0.5, 0.6) is 0 Å². The van der Waals surface area contributed by atoms with Gasteiger partial charge in [0.05, 0.1) is 12.7 Å². The summed E-state index contributed by atoms with van der Waals surface area (Å²) in [5.41, 5.74) is 9.32. The van der Waals surface area contributed by atoms with Gasteiger partial charge >= 0.3 is 0 Å². The van der Waals surface area contributed by atoms with Gasteiger partial charge in [0.2, 0.25) is 0 Å². The van der Waals surface area contributed by atoms with Gasteiger partial charge < -0.3 is 10.1 Å². The van der Waals surface area contributed by atoms with Gasteiger partial charge in [0.1, 0.15) is 5.84 Å². The molecule has 0 spiro atoms. The van der Waals surface area contributed by atoms with Gasteiger partial charge in [-0.3, -0.25) is 15.0 Å². The molecule has 3 N–H and O–H groups in total. The highest BCUT2D eigenvalue weighted by atomic mass is 35.5. The molecule has 6 rings (SSSR count). The summed E-state index contributed by atoms with van der Waals surface area (Å²) in [6.07, 6.45) is 5.35. The number of carbonyl (C=O) groups excluding carboxylic acids is 1. The minimum atomic E-state index is -0.275. The first-order valence-electron chi connectivity index (χ1n) is 14.6. The van der Waals surface area contributed by atoms with Crippen molar-refractivity contribution in [3.8, 4) is 0 Å². The molecule has 0 radical (unpaired) electrons. The topological polar surface area (TPSA) is 99.6 Å². The maximum atomic E-state index is 14.3. The molecule has 2 atom stereocenters. The highest BCUT2D eigenvalue weighted by Gasteiger charge is 2.33. The Morgan fingerprint density at radius 2 is 2.00 bits per heavy atom. The van der Waals surface area contributed by atoms with E-state index in [0.717, 1.165) is 55.8 Å². The van der Waals surface area contributed by atoms with E-state index in [2.05, 4.69) is 39.3 Å². The van der Waals surface area contributed by atoms with Gasteiger partial charge in [-0.2, -0.15) is 0 Å². The van der Waals surface area contributed by atoms with Crippen molar-refractivity contribution < 1.29 is 14.4 Å². The number of aliphatic imine (C=N–C) groups is 2. The third-order valence-electron chi connectivity index (χ3n) is 8.03. The molecule has 1 amide bonds. The summed E-state index contributed by atoms with van der Waals surface area (Å²) in [5.74, 6) is 1.13. The smallest absolute Gasteiger partial charge is 0.260 e. The molecule has 9 nitrogen and oxygen atoms in total. The summed E-state index contributed by atoms with van der Waals surface area (Å²) in [7, 11) is 0. The zero-order valence-electron chi connectivity index (χ0n) is 24.2. The first-order chi connectivity index (χ1) is 20.4. The maximum absolute atomic E-state index is 14.3. The molecule has 2 aromatic carbocycles. The molecule has 42 heavy (non-hydrogen) atoms. The molecule has 2 unspecified atom stereocenters. The lowest BCUT2D eigenvalue weighted by Gasteiger charge is -2.32. The van der Waals surface area contributed by atoms with Gasteiger partial charge in [-0.25, -0.2) is 20.3 Å². The van der Waals surface area contributed by atoms with Crippen LogP contribution in [0.3, 0.4) is 0 Å². The van der Waals surface area contributed by atoms with Crippen LogP contribution < -0.4 is 16.1 Å². The molecule has 0 saturated carbocycles. The van der Waals surface area contributed by atoms with E-state index in [1.165, 1.54) is 11.1 Å². The van der Waals surface area contributed by atoms with Crippen LogP contribution in [0.15, 0.2) is 64.1 Å². The highest BCUT2D eigenvalue weighted by molar-refractivity contribution is 6.37. The van der Waals surface area contributed by atoms with Crippen molar-refractivity contribution in [1.29, 1.82) is 0 Å². The first kappa shape index (κ1) is 28.8. The number of hydroxylamine groups is 1. The van der Waals surface area contributed by atoms with Crippen molar-refractivity contribution >= 4 is 34.8 Å². The predicted molar refractivity (Wildman–Crippen MR) is 165 cm³/mol. The minimum absolute atomic E-state index is 0.140. The van der Waals surface area contributed by atoms with E-state index in [1.54, 1.807) is 4.90 Å². The molecule has 4 heterocycles. The molecule has 0 bridgehead atoms. The Morgan fingerprint density at radius 3 is 2.74 bits per heavy atom. The van der Waals surface area contributed by atoms with Gasteiger partial charge in [-0.05, 0) is 62.4 Å². The van der Waals surface area contributed by atoms with E-state index in [4.69, 9.17) is 26.2 Å². The number of halogens is 1. The Hall–Kier alpha value is -3.34. The van der Waals surface area contributed by atoms with Crippen LogP contribution in [0, 0.1) is 0 Å². The second kappa shape index (κ2) is 12.5. The largest absolute Gasteiger partial charge is 0.381 e. The van der Waals surface area contributed by atoms with Crippen molar-refractivity contribution in [2.75, 3.05) is 13.2 Å². The minimum Gasteiger partial charge on any atom is -0.381 e. The summed E-state index contributed by atoms with van der Waals surface area (Å²) >= 11 is 6.82. The Morgan fingerprint density at radius 1 is 1.19 bits per heavy atom. The molecule has 0 aliphatic carbocycles. The third-order valence-corrected chi connectivity index (χ3v) is 8.34. The number of hydrogen-bond acceptors (Lipinski definition) is 8. The molecule has 1 fully saturated rings. The van der Waals surface area contributed by atoms with Gasteiger partial charge in [-0.15, -0.1) is 0 Å². The summed E-state index contributed by atoms with van der Waals surface area (Å²) in [6.45, 7) is 9.47. The fraction of sp³-hybridized carbons (Fsp3) is 0.406. The van der Waals surface area contributed by atoms with Crippen LogP contribution >= 0.6 is 11.6 Å². The van der Waals surface area contributed by atoms with E-state index < -0.39 is 0 Å². The number of rotatable bonds is 7. The number of amides is 1. The van der Waals surface area contributed by atoms with Gasteiger partial charge in [0, 0.05) is 59.6 Å². The van der Waals surface area contributed by atoms with Crippen LogP contribution in [-0.4, -0.2) is 54.1 Å². The number of allylic oxidation sites excluding steroid dienone is 1. The van der Waals surface area contributed by atoms with E-state index in [0.29, 0.717) is 40.4 Å². The summed E-state index contributed by atoms with van der Waals surface area (Å²) in [6, 6.07) is 12.4. The Balaban J connectivity index is 1.35. The number of amidine groups is 2. The fourth-order valence-electron chi connectivity index (χ4n) is 5.82. The molecule has 1 saturated heterocycles. The van der Waals surface area contributed by atoms with Crippen molar-refractivity contribution in [3.63, 3.8) is 0 Å². The Labute approximate surface area is 251 Å². The number of ether oxygens (including phenoxy) is 1. The number of nitrogens with zero attached hydrogens (tertiary/aromatic N) is 3.